The number of carbonyl (C=O) groups is 1. The molecule has 2 unspecified atom stereocenters. The number of benzene rings is 1. The van der Waals surface area contributed by atoms with Gasteiger partial charge in [0, 0.05) is 6.04 Å². The van der Waals surface area contributed by atoms with Gasteiger partial charge in [0.1, 0.15) is 6.04 Å². The number of esters is 1. The molecule has 1 aromatic carbocycles. The Morgan fingerprint density at radius 1 is 1.42 bits per heavy atom. The first-order chi connectivity index (χ1) is 9.17. The lowest BCUT2D eigenvalue weighted by atomic mass is 9.96. The molecule has 0 aliphatic heterocycles. The van der Waals surface area contributed by atoms with Gasteiger partial charge in [-0.1, -0.05) is 31.2 Å². The molecular weight excluding hydrogens is 238 g/mol. The summed E-state index contributed by atoms with van der Waals surface area (Å²) in [5.74, 6) is 0.426. The summed E-state index contributed by atoms with van der Waals surface area (Å²) in [6, 6.07) is 8.17. The third kappa shape index (κ3) is 3.35. The van der Waals surface area contributed by atoms with Crippen molar-refractivity contribution in [3.05, 3.63) is 35.4 Å². The van der Waals surface area contributed by atoms with Crippen LogP contribution in [-0.2, 0) is 9.53 Å². The lowest BCUT2D eigenvalue weighted by Gasteiger charge is -2.23. The van der Waals surface area contributed by atoms with E-state index < -0.39 is 0 Å². The first kappa shape index (κ1) is 14.1. The van der Waals surface area contributed by atoms with E-state index in [1.807, 2.05) is 12.1 Å². The molecular formula is C16H23NO2. The molecule has 2 rings (SSSR count). The van der Waals surface area contributed by atoms with Crippen LogP contribution in [0.1, 0.15) is 56.2 Å². The second kappa shape index (κ2) is 6.20. The number of hydrogen-bond donors (Lipinski definition) is 1. The molecule has 3 nitrogen and oxygen atoms in total. The fourth-order valence-electron chi connectivity index (χ4n) is 2.34. The quantitative estimate of drug-likeness (QED) is 0.799. The molecule has 104 valence electrons. The average molecular weight is 261 g/mol. The lowest BCUT2D eigenvalue weighted by Crippen LogP contribution is -2.36. The molecule has 0 amide bonds. The van der Waals surface area contributed by atoms with E-state index in [0.29, 0.717) is 5.92 Å². The van der Waals surface area contributed by atoms with Gasteiger partial charge in [-0.3, -0.25) is 5.32 Å². The topological polar surface area (TPSA) is 38.3 Å². The summed E-state index contributed by atoms with van der Waals surface area (Å²) in [7, 11) is 1.45. The molecule has 1 N–H and O–H groups in total. The maximum atomic E-state index is 12.1. The second-order valence-electron chi connectivity index (χ2n) is 5.34. The molecule has 3 heteroatoms. The third-order valence-electron chi connectivity index (χ3n) is 3.82. The molecule has 0 aromatic heterocycles. The predicted molar refractivity (Wildman–Crippen MR) is 76.1 cm³/mol. The summed E-state index contributed by atoms with van der Waals surface area (Å²) in [4.78, 5) is 12.1. The highest BCUT2D eigenvalue weighted by atomic mass is 16.5. The summed E-state index contributed by atoms with van der Waals surface area (Å²) in [6.07, 6.45) is 3.45. The Hall–Kier alpha value is -1.35. The molecule has 2 atom stereocenters. The summed E-state index contributed by atoms with van der Waals surface area (Å²) < 4.78 is 4.97. The molecule has 0 heterocycles. The number of carbonyl (C=O) groups excluding carboxylic acids is 1. The Balaban J connectivity index is 2.29. The van der Waals surface area contributed by atoms with Crippen molar-refractivity contribution in [1.82, 2.24) is 5.32 Å². The van der Waals surface area contributed by atoms with Crippen molar-refractivity contribution in [3.63, 3.8) is 0 Å². The summed E-state index contributed by atoms with van der Waals surface area (Å²) in [6.45, 7) is 4.20. The first-order valence-electron chi connectivity index (χ1n) is 7.10. The van der Waals surface area contributed by atoms with E-state index in [0.717, 1.165) is 12.0 Å². The van der Waals surface area contributed by atoms with E-state index in [4.69, 9.17) is 4.74 Å². The van der Waals surface area contributed by atoms with E-state index in [1.54, 1.807) is 0 Å². The number of ether oxygens (including phenoxy) is 1. The molecule has 0 spiro atoms. The van der Waals surface area contributed by atoms with Gasteiger partial charge in [0.15, 0.2) is 0 Å². The normalized spacial score (nSPS) is 17.8. The molecule has 0 saturated heterocycles. The number of hydrogen-bond acceptors (Lipinski definition) is 3. The van der Waals surface area contributed by atoms with Crippen LogP contribution >= 0.6 is 0 Å². The van der Waals surface area contributed by atoms with Crippen LogP contribution in [0.15, 0.2) is 24.3 Å². The molecule has 1 aliphatic carbocycles. The smallest absolute Gasteiger partial charge is 0.327 e. The minimum Gasteiger partial charge on any atom is -0.468 e. The predicted octanol–water partition coefficient (Wildman–Crippen LogP) is 3.17. The Kier molecular flexibility index (Phi) is 4.59. The summed E-state index contributed by atoms with van der Waals surface area (Å²) in [5, 5.41) is 3.38. The monoisotopic (exact) mass is 261 g/mol. The SMILES string of the molecule is CCC(C)NC(C(=O)OC)c1ccccc1C1CC1. The molecule has 1 aliphatic rings. The van der Waals surface area contributed by atoms with Gasteiger partial charge in [-0.05, 0) is 43.2 Å². The Morgan fingerprint density at radius 3 is 2.68 bits per heavy atom. The van der Waals surface area contributed by atoms with Gasteiger partial charge in [0.2, 0.25) is 0 Å². The average Bonchev–Trinajstić information content (AvgIpc) is 3.28. The minimum absolute atomic E-state index is 0.201. The van der Waals surface area contributed by atoms with Gasteiger partial charge < -0.3 is 4.74 Å². The van der Waals surface area contributed by atoms with Crippen LogP contribution in [0.4, 0.5) is 0 Å². The van der Waals surface area contributed by atoms with E-state index in [1.165, 1.54) is 25.5 Å². The van der Waals surface area contributed by atoms with Crippen molar-refractivity contribution in [2.24, 2.45) is 0 Å². The van der Waals surface area contributed by atoms with Gasteiger partial charge in [0.05, 0.1) is 7.11 Å². The van der Waals surface area contributed by atoms with Crippen LogP contribution in [0.3, 0.4) is 0 Å². The van der Waals surface area contributed by atoms with Crippen LogP contribution < -0.4 is 5.32 Å². The Morgan fingerprint density at radius 2 is 2.11 bits per heavy atom. The van der Waals surface area contributed by atoms with Crippen molar-refractivity contribution in [2.75, 3.05) is 7.11 Å². The van der Waals surface area contributed by atoms with Gasteiger partial charge in [-0.25, -0.2) is 4.79 Å². The number of methoxy groups -OCH3 is 1. The van der Waals surface area contributed by atoms with Gasteiger partial charge in [0.25, 0.3) is 0 Å². The molecule has 1 saturated carbocycles. The Labute approximate surface area is 115 Å². The van der Waals surface area contributed by atoms with Crippen LogP contribution in [0, 0.1) is 0 Å². The molecule has 0 radical (unpaired) electrons. The number of nitrogens with one attached hydrogen (secondary N) is 1. The summed E-state index contributed by atoms with van der Waals surface area (Å²) >= 11 is 0. The van der Waals surface area contributed by atoms with Crippen LogP contribution in [0.25, 0.3) is 0 Å². The molecule has 1 aromatic rings. The summed E-state index contributed by atoms with van der Waals surface area (Å²) in [5.41, 5.74) is 2.38. The van der Waals surface area contributed by atoms with E-state index >= 15 is 0 Å². The second-order valence-corrected chi connectivity index (χ2v) is 5.34. The first-order valence-corrected chi connectivity index (χ1v) is 7.10. The van der Waals surface area contributed by atoms with Crippen LogP contribution in [-0.4, -0.2) is 19.1 Å². The van der Waals surface area contributed by atoms with Crippen LogP contribution in [0.5, 0.6) is 0 Å². The maximum Gasteiger partial charge on any atom is 0.327 e. The lowest BCUT2D eigenvalue weighted by molar-refractivity contribution is -0.143. The standard InChI is InChI=1S/C16H23NO2/c1-4-11(2)17-15(16(18)19-3)14-8-6-5-7-13(14)12-9-10-12/h5-8,11-12,15,17H,4,9-10H2,1-3H3. The van der Waals surface area contributed by atoms with Crippen molar-refractivity contribution < 1.29 is 9.53 Å². The zero-order chi connectivity index (χ0) is 13.8. The van der Waals surface area contributed by atoms with Crippen molar-refractivity contribution in [3.8, 4) is 0 Å². The zero-order valence-electron chi connectivity index (χ0n) is 12.0. The van der Waals surface area contributed by atoms with Gasteiger partial charge in [-0.2, -0.15) is 0 Å². The largest absolute Gasteiger partial charge is 0.468 e. The minimum atomic E-state index is -0.350. The fourth-order valence-corrected chi connectivity index (χ4v) is 2.34. The number of rotatable bonds is 6. The van der Waals surface area contributed by atoms with Crippen molar-refractivity contribution in [2.45, 2.75) is 51.1 Å². The molecule has 19 heavy (non-hydrogen) atoms. The highest BCUT2D eigenvalue weighted by molar-refractivity contribution is 5.78. The maximum absolute atomic E-state index is 12.1. The van der Waals surface area contributed by atoms with Gasteiger partial charge in [-0.15, -0.1) is 0 Å². The highest BCUT2D eigenvalue weighted by Gasteiger charge is 2.31. The molecule has 1 fully saturated rings. The van der Waals surface area contributed by atoms with E-state index in [2.05, 4.69) is 31.3 Å². The zero-order valence-corrected chi connectivity index (χ0v) is 12.0. The highest BCUT2D eigenvalue weighted by Crippen LogP contribution is 2.43. The van der Waals surface area contributed by atoms with Gasteiger partial charge >= 0.3 is 5.97 Å². The fraction of sp³-hybridized carbons (Fsp3) is 0.562. The van der Waals surface area contributed by atoms with E-state index in [-0.39, 0.29) is 18.1 Å². The van der Waals surface area contributed by atoms with Crippen molar-refractivity contribution in [1.29, 1.82) is 0 Å². The van der Waals surface area contributed by atoms with Crippen molar-refractivity contribution >= 4 is 5.97 Å². The van der Waals surface area contributed by atoms with E-state index in [9.17, 15) is 4.79 Å². The third-order valence-corrected chi connectivity index (χ3v) is 3.82. The van der Waals surface area contributed by atoms with Crippen LogP contribution in [0.2, 0.25) is 0 Å². The Bertz CT molecular complexity index is 440. The molecule has 0 bridgehead atoms.